The minimum atomic E-state index is 0. The normalized spacial score (nSPS) is 27.2. The van der Waals surface area contributed by atoms with Crippen LogP contribution in [0, 0.1) is 5.92 Å². The Balaban J connectivity index is 0.00000180. The van der Waals surface area contributed by atoms with Gasteiger partial charge in [0, 0.05) is 30.6 Å². The summed E-state index contributed by atoms with van der Waals surface area (Å²) in [7, 11) is 2.16. The summed E-state index contributed by atoms with van der Waals surface area (Å²) in [5.41, 5.74) is 5.93. The van der Waals surface area contributed by atoms with E-state index >= 15 is 0 Å². The zero-order valence-corrected chi connectivity index (χ0v) is 14.1. The largest absolute Gasteiger partial charge is 0.354 e. The number of carbonyl (C=O) groups is 1. The van der Waals surface area contributed by atoms with Gasteiger partial charge in [-0.1, -0.05) is 6.42 Å². The first kappa shape index (κ1) is 20.0. The van der Waals surface area contributed by atoms with Gasteiger partial charge in [0.2, 0.25) is 5.91 Å². The summed E-state index contributed by atoms with van der Waals surface area (Å²) in [6, 6.07) is 1.40. The summed E-state index contributed by atoms with van der Waals surface area (Å²) in [5, 5.41) is 3.10. The highest BCUT2D eigenvalue weighted by atomic mass is 35.5. The molecule has 2 aliphatic carbocycles. The van der Waals surface area contributed by atoms with Crippen LogP contribution in [0.5, 0.6) is 0 Å². The van der Waals surface area contributed by atoms with Crippen molar-refractivity contribution in [2.45, 2.75) is 63.6 Å². The van der Waals surface area contributed by atoms with E-state index in [1.54, 1.807) is 0 Å². The first-order chi connectivity index (χ1) is 8.58. The minimum absolute atomic E-state index is 0. The van der Waals surface area contributed by atoms with Crippen LogP contribution in [0.2, 0.25) is 0 Å². The Bertz CT molecular complexity index is 300. The van der Waals surface area contributed by atoms with Gasteiger partial charge in [0.25, 0.3) is 0 Å². The summed E-state index contributed by atoms with van der Waals surface area (Å²) in [6.07, 6.45) is 6.66. The SMILES string of the molecule is CC(CNC(=O)C1CCCC(N)C1)N(C)C1CC1.Cl.Cl. The summed E-state index contributed by atoms with van der Waals surface area (Å²) in [4.78, 5) is 14.5. The van der Waals surface area contributed by atoms with Gasteiger partial charge >= 0.3 is 0 Å². The summed E-state index contributed by atoms with van der Waals surface area (Å²) < 4.78 is 0. The van der Waals surface area contributed by atoms with Crippen molar-refractivity contribution in [2.24, 2.45) is 11.7 Å². The first-order valence-electron chi connectivity index (χ1n) is 7.33. The number of hydrogen-bond donors (Lipinski definition) is 2. The van der Waals surface area contributed by atoms with Crippen molar-refractivity contribution in [3.8, 4) is 0 Å². The average Bonchev–Trinajstić information content (AvgIpc) is 3.18. The number of rotatable bonds is 5. The number of nitrogens with two attached hydrogens (primary N) is 1. The van der Waals surface area contributed by atoms with E-state index in [9.17, 15) is 4.79 Å². The van der Waals surface area contributed by atoms with E-state index in [-0.39, 0.29) is 42.7 Å². The highest BCUT2D eigenvalue weighted by Crippen LogP contribution is 2.27. The lowest BCUT2D eigenvalue weighted by molar-refractivity contribution is -0.126. The number of halogens is 2. The molecular weight excluding hydrogens is 297 g/mol. The molecule has 3 atom stereocenters. The quantitative estimate of drug-likeness (QED) is 0.812. The number of nitrogens with one attached hydrogen (secondary N) is 1. The van der Waals surface area contributed by atoms with Crippen LogP contribution in [0.15, 0.2) is 0 Å². The van der Waals surface area contributed by atoms with Crippen LogP contribution in [0.4, 0.5) is 0 Å². The number of amides is 1. The molecule has 1 amide bonds. The minimum Gasteiger partial charge on any atom is -0.354 e. The zero-order chi connectivity index (χ0) is 13.1. The molecule has 4 nitrogen and oxygen atoms in total. The number of carbonyl (C=O) groups excluding carboxylic acids is 1. The van der Waals surface area contributed by atoms with Crippen molar-refractivity contribution in [1.82, 2.24) is 10.2 Å². The third-order valence-electron chi connectivity index (χ3n) is 4.48. The number of nitrogens with zero attached hydrogens (tertiary/aromatic N) is 1. The maximum Gasteiger partial charge on any atom is 0.223 e. The molecule has 0 radical (unpaired) electrons. The van der Waals surface area contributed by atoms with Crippen LogP contribution >= 0.6 is 24.8 Å². The lowest BCUT2D eigenvalue weighted by Crippen LogP contribution is -2.44. The molecule has 2 saturated carbocycles. The Hall–Kier alpha value is -0.0300. The maximum atomic E-state index is 12.1. The summed E-state index contributed by atoms with van der Waals surface area (Å²) >= 11 is 0. The maximum absolute atomic E-state index is 12.1. The van der Waals surface area contributed by atoms with Gasteiger partial charge in [-0.3, -0.25) is 9.69 Å². The molecule has 3 unspecified atom stereocenters. The molecule has 2 aliphatic rings. The Morgan fingerprint density at radius 1 is 1.30 bits per heavy atom. The van der Waals surface area contributed by atoms with Crippen LogP contribution in [0.1, 0.15) is 45.4 Å². The third kappa shape index (κ3) is 5.76. The Morgan fingerprint density at radius 2 is 1.95 bits per heavy atom. The molecule has 0 aromatic carbocycles. The van der Waals surface area contributed by atoms with E-state index in [4.69, 9.17) is 5.73 Å². The van der Waals surface area contributed by atoms with E-state index < -0.39 is 0 Å². The van der Waals surface area contributed by atoms with Crippen LogP contribution < -0.4 is 11.1 Å². The fourth-order valence-corrected chi connectivity index (χ4v) is 2.84. The number of hydrogen-bond acceptors (Lipinski definition) is 3. The fourth-order valence-electron chi connectivity index (χ4n) is 2.84. The van der Waals surface area contributed by atoms with Crippen LogP contribution in [-0.4, -0.2) is 42.5 Å². The molecule has 20 heavy (non-hydrogen) atoms. The van der Waals surface area contributed by atoms with Gasteiger partial charge in [-0.25, -0.2) is 0 Å². The van der Waals surface area contributed by atoms with Crippen LogP contribution in [-0.2, 0) is 4.79 Å². The first-order valence-corrected chi connectivity index (χ1v) is 7.33. The van der Waals surface area contributed by atoms with Gasteiger partial charge in [0.1, 0.15) is 0 Å². The van der Waals surface area contributed by atoms with Crippen molar-refractivity contribution in [1.29, 1.82) is 0 Å². The Kier molecular flexibility index (Phi) is 9.07. The average molecular weight is 326 g/mol. The summed E-state index contributed by atoms with van der Waals surface area (Å²) in [6.45, 7) is 2.95. The van der Waals surface area contributed by atoms with Crippen molar-refractivity contribution < 1.29 is 4.79 Å². The van der Waals surface area contributed by atoms with E-state index in [2.05, 4.69) is 24.2 Å². The molecule has 3 N–H and O–H groups in total. The standard InChI is InChI=1S/C14H27N3O.2ClH/c1-10(17(2)13-6-7-13)9-16-14(18)11-4-3-5-12(15)8-11;;/h10-13H,3-9,15H2,1-2H3,(H,16,18);2*1H. The van der Waals surface area contributed by atoms with E-state index in [0.29, 0.717) is 6.04 Å². The molecule has 0 aliphatic heterocycles. The van der Waals surface area contributed by atoms with E-state index in [0.717, 1.165) is 38.3 Å². The van der Waals surface area contributed by atoms with Gasteiger partial charge in [-0.15, -0.1) is 24.8 Å². The van der Waals surface area contributed by atoms with E-state index in [1.807, 2.05) is 0 Å². The van der Waals surface area contributed by atoms with Crippen molar-refractivity contribution >= 4 is 30.7 Å². The molecule has 2 fully saturated rings. The van der Waals surface area contributed by atoms with Crippen molar-refractivity contribution in [3.63, 3.8) is 0 Å². The van der Waals surface area contributed by atoms with Gasteiger partial charge in [0.05, 0.1) is 0 Å². The second-order valence-corrected chi connectivity index (χ2v) is 6.11. The predicted octanol–water partition coefficient (Wildman–Crippen LogP) is 1.95. The topological polar surface area (TPSA) is 58.4 Å². The number of likely N-dealkylation sites (N-methyl/N-ethyl adjacent to an activating group) is 1. The van der Waals surface area contributed by atoms with Gasteiger partial charge in [-0.2, -0.15) is 0 Å². The highest BCUT2D eigenvalue weighted by molar-refractivity contribution is 5.85. The van der Waals surface area contributed by atoms with Crippen LogP contribution in [0.3, 0.4) is 0 Å². The molecule has 0 aromatic rings. The predicted molar refractivity (Wildman–Crippen MR) is 87.7 cm³/mol. The van der Waals surface area contributed by atoms with Gasteiger partial charge < -0.3 is 11.1 Å². The monoisotopic (exact) mass is 325 g/mol. The lowest BCUT2D eigenvalue weighted by Gasteiger charge is -2.28. The lowest BCUT2D eigenvalue weighted by atomic mass is 9.85. The zero-order valence-electron chi connectivity index (χ0n) is 12.5. The van der Waals surface area contributed by atoms with E-state index in [1.165, 1.54) is 12.8 Å². The second kappa shape index (κ2) is 9.08. The van der Waals surface area contributed by atoms with Crippen molar-refractivity contribution in [2.75, 3.05) is 13.6 Å². The Labute approximate surface area is 135 Å². The molecule has 0 saturated heterocycles. The molecule has 2 rings (SSSR count). The molecule has 6 heteroatoms. The smallest absolute Gasteiger partial charge is 0.223 e. The van der Waals surface area contributed by atoms with Gasteiger partial charge in [-0.05, 0) is 46.1 Å². The van der Waals surface area contributed by atoms with Crippen LogP contribution in [0.25, 0.3) is 0 Å². The van der Waals surface area contributed by atoms with Gasteiger partial charge in [0.15, 0.2) is 0 Å². The molecule has 0 bridgehead atoms. The molecular formula is C14H29Cl2N3O. The molecule has 0 heterocycles. The summed E-state index contributed by atoms with van der Waals surface area (Å²) in [5.74, 6) is 0.355. The molecule has 0 aromatic heterocycles. The van der Waals surface area contributed by atoms with Crippen molar-refractivity contribution in [3.05, 3.63) is 0 Å². The fraction of sp³-hybridized carbons (Fsp3) is 0.929. The molecule has 0 spiro atoms. The molecule has 120 valence electrons. The highest BCUT2D eigenvalue weighted by Gasteiger charge is 2.30. The Morgan fingerprint density at radius 3 is 2.50 bits per heavy atom. The second-order valence-electron chi connectivity index (χ2n) is 6.11. The third-order valence-corrected chi connectivity index (χ3v) is 4.48.